The summed E-state index contributed by atoms with van der Waals surface area (Å²) in [6, 6.07) is 5.61. The lowest BCUT2D eigenvalue weighted by molar-refractivity contribution is -0.117. The second-order valence-electron chi connectivity index (χ2n) is 7.57. The molecule has 1 saturated carbocycles. The molecule has 2 fully saturated rings. The van der Waals surface area contributed by atoms with Crippen LogP contribution in [0.15, 0.2) is 18.2 Å². The molecule has 2 unspecified atom stereocenters. The summed E-state index contributed by atoms with van der Waals surface area (Å²) < 4.78 is 0. The molecule has 1 aromatic rings. The number of anilines is 2. The summed E-state index contributed by atoms with van der Waals surface area (Å²) in [6.45, 7) is 7.94. The fraction of sp³-hybridized carbons (Fsp3) is 0.579. The number of nitrogens with one attached hydrogen (secondary N) is 2. The molecule has 0 aromatic heterocycles. The van der Waals surface area contributed by atoms with Crippen LogP contribution in [0.2, 0.25) is 0 Å². The van der Waals surface area contributed by atoms with Crippen LogP contribution in [0.25, 0.3) is 0 Å². The van der Waals surface area contributed by atoms with Crippen molar-refractivity contribution in [1.29, 1.82) is 0 Å². The van der Waals surface area contributed by atoms with Gasteiger partial charge in [-0.25, -0.2) is 4.79 Å². The minimum atomic E-state index is -0.0535. The van der Waals surface area contributed by atoms with Crippen molar-refractivity contribution in [3.05, 3.63) is 23.8 Å². The summed E-state index contributed by atoms with van der Waals surface area (Å²) in [5, 5.41) is 5.95. The third-order valence-electron chi connectivity index (χ3n) is 4.85. The predicted octanol–water partition coefficient (Wildman–Crippen LogP) is 3.85. The van der Waals surface area contributed by atoms with Gasteiger partial charge in [-0.3, -0.25) is 4.79 Å². The van der Waals surface area contributed by atoms with Crippen LogP contribution in [0.4, 0.5) is 16.2 Å². The highest BCUT2D eigenvalue weighted by Gasteiger charge is 2.29. The number of likely N-dealkylation sites (tertiary alicyclic amines) is 1. The number of piperidine rings is 1. The molecule has 130 valence electrons. The molecule has 0 spiro atoms. The summed E-state index contributed by atoms with van der Waals surface area (Å²) >= 11 is 0. The van der Waals surface area contributed by atoms with E-state index in [9.17, 15) is 9.59 Å². The number of rotatable bonds is 3. The highest BCUT2D eigenvalue weighted by molar-refractivity contribution is 5.96. The Morgan fingerprint density at radius 3 is 2.38 bits per heavy atom. The van der Waals surface area contributed by atoms with Crippen LogP contribution >= 0.6 is 0 Å². The number of hydrogen-bond acceptors (Lipinski definition) is 2. The minimum absolute atomic E-state index is 0.0535. The van der Waals surface area contributed by atoms with Crippen molar-refractivity contribution in [3.63, 3.8) is 0 Å². The average molecular weight is 329 g/mol. The van der Waals surface area contributed by atoms with Crippen molar-refractivity contribution in [2.75, 3.05) is 23.7 Å². The Bertz CT molecular complexity index is 629. The number of carbonyl (C=O) groups is 2. The Balaban J connectivity index is 1.66. The van der Waals surface area contributed by atoms with Gasteiger partial charge in [-0.1, -0.05) is 19.9 Å². The fourth-order valence-electron chi connectivity index (χ4n) is 3.45. The number of benzene rings is 1. The van der Waals surface area contributed by atoms with E-state index in [1.165, 1.54) is 6.42 Å². The first-order chi connectivity index (χ1) is 11.4. The first-order valence-electron chi connectivity index (χ1n) is 8.90. The summed E-state index contributed by atoms with van der Waals surface area (Å²) in [5.41, 5.74) is 2.50. The van der Waals surface area contributed by atoms with E-state index >= 15 is 0 Å². The maximum absolute atomic E-state index is 12.6. The van der Waals surface area contributed by atoms with Crippen molar-refractivity contribution < 1.29 is 9.59 Å². The van der Waals surface area contributed by atoms with Gasteiger partial charge in [0.15, 0.2) is 0 Å². The zero-order valence-corrected chi connectivity index (χ0v) is 14.8. The molecule has 2 N–H and O–H groups in total. The molecule has 5 heteroatoms. The standard InChI is InChI=1S/C19H27N3O2/c1-12-8-13(2)11-22(10-12)19(24)21-17-9-16(7-4-14(17)3)20-18(23)15-5-6-15/h4,7,9,12-13,15H,5-6,8,10-11H2,1-3H3,(H,20,23)(H,21,24). The van der Waals surface area contributed by atoms with Gasteiger partial charge in [-0.2, -0.15) is 0 Å². The van der Waals surface area contributed by atoms with Crippen molar-refractivity contribution in [2.24, 2.45) is 17.8 Å². The lowest BCUT2D eigenvalue weighted by atomic mass is 9.92. The van der Waals surface area contributed by atoms with Gasteiger partial charge in [0.05, 0.1) is 0 Å². The van der Waals surface area contributed by atoms with E-state index in [4.69, 9.17) is 0 Å². The second-order valence-corrected chi connectivity index (χ2v) is 7.57. The molecule has 1 heterocycles. The Morgan fingerprint density at radius 1 is 1.08 bits per heavy atom. The van der Waals surface area contributed by atoms with Gasteiger partial charge in [-0.05, 0) is 55.7 Å². The third-order valence-corrected chi connectivity index (χ3v) is 4.85. The minimum Gasteiger partial charge on any atom is -0.326 e. The van der Waals surface area contributed by atoms with Crippen LogP contribution in [0.1, 0.15) is 38.7 Å². The van der Waals surface area contributed by atoms with Crippen LogP contribution in [0.5, 0.6) is 0 Å². The van der Waals surface area contributed by atoms with Crippen LogP contribution in [0, 0.1) is 24.7 Å². The largest absolute Gasteiger partial charge is 0.326 e. The van der Waals surface area contributed by atoms with Gasteiger partial charge in [0, 0.05) is 30.4 Å². The number of hydrogen-bond donors (Lipinski definition) is 2. The number of amides is 3. The van der Waals surface area contributed by atoms with Crippen LogP contribution in [0.3, 0.4) is 0 Å². The normalized spacial score (nSPS) is 23.7. The zero-order valence-electron chi connectivity index (χ0n) is 14.8. The number of urea groups is 1. The molecule has 3 amide bonds. The molecule has 0 radical (unpaired) electrons. The van der Waals surface area contributed by atoms with Gasteiger partial charge in [0.25, 0.3) is 0 Å². The first kappa shape index (κ1) is 16.8. The summed E-state index contributed by atoms with van der Waals surface area (Å²) in [4.78, 5) is 26.4. The van der Waals surface area contributed by atoms with E-state index < -0.39 is 0 Å². The third kappa shape index (κ3) is 4.08. The maximum atomic E-state index is 12.6. The lowest BCUT2D eigenvalue weighted by Crippen LogP contribution is -2.44. The number of aryl methyl sites for hydroxylation is 1. The number of nitrogens with zero attached hydrogens (tertiary/aromatic N) is 1. The maximum Gasteiger partial charge on any atom is 0.321 e. The van der Waals surface area contributed by atoms with Gasteiger partial charge < -0.3 is 15.5 Å². The van der Waals surface area contributed by atoms with E-state index in [2.05, 4.69) is 24.5 Å². The summed E-state index contributed by atoms with van der Waals surface area (Å²) in [5.74, 6) is 1.31. The molecule has 1 aliphatic heterocycles. The smallest absolute Gasteiger partial charge is 0.321 e. The molecule has 2 aliphatic rings. The summed E-state index contributed by atoms with van der Waals surface area (Å²) in [6.07, 6.45) is 3.13. The summed E-state index contributed by atoms with van der Waals surface area (Å²) in [7, 11) is 0. The van der Waals surface area contributed by atoms with Crippen LogP contribution < -0.4 is 10.6 Å². The molecular weight excluding hydrogens is 302 g/mol. The van der Waals surface area contributed by atoms with Crippen LogP contribution in [-0.4, -0.2) is 29.9 Å². The molecule has 1 saturated heterocycles. The molecule has 0 bridgehead atoms. The Morgan fingerprint density at radius 2 is 1.75 bits per heavy atom. The van der Waals surface area contributed by atoms with Crippen molar-refractivity contribution in [3.8, 4) is 0 Å². The molecule has 5 nitrogen and oxygen atoms in total. The SMILES string of the molecule is Cc1ccc(NC(=O)C2CC2)cc1NC(=O)N1CC(C)CC(C)C1. The average Bonchev–Trinajstić information content (AvgIpc) is 3.34. The molecule has 3 rings (SSSR count). The van der Waals surface area contributed by atoms with E-state index in [1.54, 1.807) is 0 Å². The van der Waals surface area contributed by atoms with E-state index in [-0.39, 0.29) is 17.9 Å². The van der Waals surface area contributed by atoms with Crippen LogP contribution in [-0.2, 0) is 4.79 Å². The fourth-order valence-corrected chi connectivity index (χ4v) is 3.45. The highest BCUT2D eigenvalue weighted by Crippen LogP contribution is 2.31. The van der Waals surface area contributed by atoms with E-state index in [1.807, 2.05) is 30.0 Å². The van der Waals surface area contributed by atoms with E-state index in [0.29, 0.717) is 11.8 Å². The Hall–Kier alpha value is -2.04. The van der Waals surface area contributed by atoms with E-state index in [0.717, 1.165) is 42.9 Å². The monoisotopic (exact) mass is 329 g/mol. The topological polar surface area (TPSA) is 61.4 Å². The van der Waals surface area contributed by atoms with Crippen molar-refractivity contribution >= 4 is 23.3 Å². The van der Waals surface area contributed by atoms with Gasteiger partial charge in [0.1, 0.15) is 0 Å². The van der Waals surface area contributed by atoms with Crippen molar-refractivity contribution in [2.45, 2.75) is 40.0 Å². The van der Waals surface area contributed by atoms with Gasteiger partial charge in [-0.15, -0.1) is 0 Å². The predicted molar refractivity (Wildman–Crippen MR) is 96.1 cm³/mol. The Kier molecular flexibility index (Phi) is 4.78. The highest BCUT2D eigenvalue weighted by atomic mass is 16.2. The van der Waals surface area contributed by atoms with Gasteiger partial charge in [0.2, 0.25) is 5.91 Å². The van der Waals surface area contributed by atoms with Crippen molar-refractivity contribution in [1.82, 2.24) is 4.90 Å². The molecule has 1 aromatic carbocycles. The first-order valence-corrected chi connectivity index (χ1v) is 8.90. The molecule has 1 aliphatic carbocycles. The quantitative estimate of drug-likeness (QED) is 0.885. The second kappa shape index (κ2) is 6.83. The molecule has 24 heavy (non-hydrogen) atoms. The number of carbonyl (C=O) groups excluding carboxylic acids is 2. The Labute approximate surface area is 143 Å². The molecule has 2 atom stereocenters. The van der Waals surface area contributed by atoms with Gasteiger partial charge >= 0.3 is 6.03 Å². The molecular formula is C19H27N3O2. The lowest BCUT2D eigenvalue weighted by Gasteiger charge is -2.35. The zero-order chi connectivity index (χ0) is 17.3.